The molecule has 0 bridgehead atoms. The standard InChI is InChI=1S/C18H19FO2/c1-3-4-11-21-18(20)16-8-6-5-7-15(16)14-10-9-13(2)17(19)12-14/h5-10,12H,3-4,11H2,1-2H3. The molecule has 110 valence electrons. The van der Waals surface area contributed by atoms with Crippen molar-refractivity contribution in [3.63, 3.8) is 0 Å². The van der Waals surface area contributed by atoms with Crippen LogP contribution < -0.4 is 0 Å². The van der Waals surface area contributed by atoms with Gasteiger partial charge in [0.15, 0.2) is 0 Å². The first-order valence-electron chi connectivity index (χ1n) is 7.16. The minimum atomic E-state index is -0.361. The van der Waals surface area contributed by atoms with E-state index in [1.807, 2.05) is 19.1 Å². The highest BCUT2D eigenvalue weighted by Gasteiger charge is 2.14. The minimum absolute atomic E-state index is 0.276. The number of halogens is 1. The average Bonchev–Trinajstić information content (AvgIpc) is 2.50. The van der Waals surface area contributed by atoms with Gasteiger partial charge >= 0.3 is 5.97 Å². The average molecular weight is 286 g/mol. The summed E-state index contributed by atoms with van der Waals surface area (Å²) in [6.07, 6.45) is 1.81. The Morgan fingerprint density at radius 1 is 1.19 bits per heavy atom. The predicted octanol–water partition coefficient (Wildman–Crippen LogP) is 4.76. The topological polar surface area (TPSA) is 26.3 Å². The second-order valence-electron chi connectivity index (χ2n) is 5.00. The van der Waals surface area contributed by atoms with E-state index in [0.29, 0.717) is 28.9 Å². The monoisotopic (exact) mass is 286 g/mol. The van der Waals surface area contributed by atoms with E-state index in [4.69, 9.17) is 4.74 Å². The molecule has 0 aliphatic rings. The van der Waals surface area contributed by atoms with E-state index in [1.54, 1.807) is 31.2 Å². The highest BCUT2D eigenvalue weighted by molar-refractivity contribution is 5.97. The van der Waals surface area contributed by atoms with E-state index in [9.17, 15) is 9.18 Å². The van der Waals surface area contributed by atoms with Crippen molar-refractivity contribution in [1.29, 1.82) is 0 Å². The van der Waals surface area contributed by atoms with Crippen LogP contribution in [0.4, 0.5) is 4.39 Å². The van der Waals surface area contributed by atoms with Gasteiger partial charge < -0.3 is 4.74 Å². The van der Waals surface area contributed by atoms with Crippen LogP contribution in [0.1, 0.15) is 35.7 Å². The van der Waals surface area contributed by atoms with E-state index in [0.717, 1.165) is 12.8 Å². The van der Waals surface area contributed by atoms with Crippen molar-refractivity contribution in [1.82, 2.24) is 0 Å². The zero-order chi connectivity index (χ0) is 15.2. The Balaban J connectivity index is 2.32. The lowest BCUT2D eigenvalue weighted by Crippen LogP contribution is -2.08. The molecule has 0 saturated carbocycles. The molecule has 0 atom stereocenters. The first-order chi connectivity index (χ1) is 10.1. The molecule has 0 unspecified atom stereocenters. The van der Waals surface area contributed by atoms with Gasteiger partial charge in [-0.1, -0.05) is 43.7 Å². The van der Waals surface area contributed by atoms with Crippen LogP contribution in [0.5, 0.6) is 0 Å². The van der Waals surface area contributed by atoms with Crippen molar-refractivity contribution in [2.24, 2.45) is 0 Å². The van der Waals surface area contributed by atoms with E-state index >= 15 is 0 Å². The molecular weight excluding hydrogens is 267 g/mol. The fourth-order valence-electron chi connectivity index (χ4n) is 2.06. The summed E-state index contributed by atoms with van der Waals surface area (Å²) in [5.41, 5.74) is 2.43. The number of carbonyl (C=O) groups is 1. The van der Waals surface area contributed by atoms with Crippen molar-refractivity contribution in [3.8, 4) is 11.1 Å². The number of ether oxygens (including phenoxy) is 1. The molecule has 2 aromatic rings. The molecule has 0 saturated heterocycles. The molecule has 0 N–H and O–H groups in total. The fraction of sp³-hybridized carbons (Fsp3) is 0.278. The normalized spacial score (nSPS) is 10.4. The quantitative estimate of drug-likeness (QED) is 0.585. The van der Waals surface area contributed by atoms with Crippen LogP contribution in [0.25, 0.3) is 11.1 Å². The number of carbonyl (C=O) groups excluding carboxylic acids is 1. The van der Waals surface area contributed by atoms with E-state index in [2.05, 4.69) is 0 Å². The number of hydrogen-bond donors (Lipinski definition) is 0. The van der Waals surface area contributed by atoms with Crippen molar-refractivity contribution < 1.29 is 13.9 Å². The molecule has 2 nitrogen and oxygen atoms in total. The van der Waals surface area contributed by atoms with Crippen LogP contribution in [0.15, 0.2) is 42.5 Å². The predicted molar refractivity (Wildman–Crippen MR) is 81.8 cm³/mol. The highest BCUT2D eigenvalue weighted by Crippen LogP contribution is 2.26. The summed E-state index contributed by atoms with van der Waals surface area (Å²) in [6, 6.07) is 12.1. The number of esters is 1. The van der Waals surface area contributed by atoms with Crippen LogP contribution in [0.3, 0.4) is 0 Å². The third kappa shape index (κ3) is 3.69. The molecule has 0 spiro atoms. The third-order valence-electron chi connectivity index (χ3n) is 3.36. The summed E-state index contributed by atoms with van der Waals surface area (Å²) < 4.78 is 19.0. The molecule has 2 aromatic carbocycles. The van der Waals surface area contributed by atoms with Crippen LogP contribution in [-0.2, 0) is 4.74 Å². The van der Waals surface area contributed by atoms with Gasteiger partial charge in [-0.25, -0.2) is 9.18 Å². The summed E-state index contributed by atoms with van der Waals surface area (Å²) in [5, 5.41) is 0. The summed E-state index contributed by atoms with van der Waals surface area (Å²) in [7, 11) is 0. The molecule has 21 heavy (non-hydrogen) atoms. The first kappa shape index (κ1) is 15.2. The Kier molecular flexibility index (Phi) is 5.09. The van der Waals surface area contributed by atoms with Crippen LogP contribution >= 0.6 is 0 Å². The lowest BCUT2D eigenvalue weighted by atomic mass is 9.98. The molecular formula is C18H19FO2. The van der Waals surface area contributed by atoms with Crippen molar-refractivity contribution >= 4 is 5.97 Å². The molecule has 0 heterocycles. The lowest BCUT2D eigenvalue weighted by molar-refractivity contribution is 0.0500. The molecule has 0 aliphatic heterocycles. The largest absolute Gasteiger partial charge is 0.462 e. The van der Waals surface area contributed by atoms with Gasteiger partial charge in [0, 0.05) is 0 Å². The summed E-state index contributed by atoms with van der Waals surface area (Å²) in [6.45, 7) is 4.16. The van der Waals surface area contributed by atoms with Gasteiger partial charge in [0.2, 0.25) is 0 Å². The molecule has 0 radical (unpaired) electrons. The second-order valence-corrected chi connectivity index (χ2v) is 5.00. The SMILES string of the molecule is CCCCOC(=O)c1ccccc1-c1ccc(C)c(F)c1. The maximum atomic E-state index is 13.7. The molecule has 0 aliphatic carbocycles. The van der Waals surface area contributed by atoms with Crippen molar-refractivity contribution in [2.75, 3.05) is 6.61 Å². The van der Waals surface area contributed by atoms with Gasteiger partial charge in [-0.3, -0.25) is 0 Å². The summed E-state index contributed by atoms with van der Waals surface area (Å²) >= 11 is 0. The smallest absolute Gasteiger partial charge is 0.338 e. The minimum Gasteiger partial charge on any atom is -0.462 e. The number of rotatable bonds is 5. The molecule has 2 rings (SSSR count). The van der Waals surface area contributed by atoms with E-state index in [1.165, 1.54) is 6.07 Å². The Hall–Kier alpha value is -2.16. The van der Waals surface area contributed by atoms with Gasteiger partial charge in [0.1, 0.15) is 5.82 Å². The van der Waals surface area contributed by atoms with Gasteiger partial charge in [0.25, 0.3) is 0 Å². The van der Waals surface area contributed by atoms with Crippen LogP contribution in [0, 0.1) is 12.7 Å². The first-order valence-corrected chi connectivity index (χ1v) is 7.16. The second kappa shape index (κ2) is 7.02. The number of hydrogen-bond acceptors (Lipinski definition) is 2. The Labute approximate surface area is 124 Å². The highest BCUT2D eigenvalue weighted by atomic mass is 19.1. The maximum Gasteiger partial charge on any atom is 0.338 e. The van der Waals surface area contributed by atoms with Gasteiger partial charge in [-0.15, -0.1) is 0 Å². The molecule has 0 amide bonds. The van der Waals surface area contributed by atoms with Gasteiger partial charge in [-0.05, 0) is 42.2 Å². The zero-order valence-electron chi connectivity index (χ0n) is 12.4. The van der Waals surface area contributed by atoms with Crippen LogP contribution in [-0.4, -0.2) is 12.6 Å². The zero-order valence-corrected chi connectivity index (χ0v) is 12.4. The van der Waals surface area contributed by atoms with E-state index in [-0.39, 0.29) is 11.8 Å². The van der Waals surface area contributed by atoms with Crippen molar-refractivity contribution in [3.05, 3.63) is 59.4 Å². The molecule has 0 aromatic heterocycles. The Morgan fingerprint density at radius 2 is 1.95 bits per heavy atom. The van der Waals surface area contributed by atoms with E-state index < -0.39 is 0 Å². The van der Waals surface area contributed by atoms with Gasteiger partial charge in [-0.2, -0.15) is 0 Å². The van der Waals surface area contributed by atoms with Crippen molar-refractivity contribution in [2.45, 2.75) is 26.7 Å². The number of aryl methyl sites for hydroxylation is 1. The van der Waals surface area contributed by atoms with Crippen LogP contribution in [0.2, 0.25) is 0 Å². The maximum absolute atomic E-state index is 13.7. The Morgan fingerprint density at radius 3 is 2.67 bits per heavy atom. The fourth-order valence-corrected chi connectivity index (χ4v) is 2.06. The summed E-state index contributed by atoms with van der Waals surface area (Å²) in [4.78, 5) is 12.1. The number of benzene rings is 2. The molecule has 0 fully saturated rings. The Bertz CT molecular complexity index is 635. The van der Waals surface area contributed by atoms with Gasteiger partial charge in [0.05, 0.1) is 12.2 Å². The lowest BCUT2D eigenvalue weighted by Gasteiger charge is -2.10. The number of unbranched alkanes of at least 4 members (excludes halogenated alkanes) is 1. The molecule has 3 heteroatoms. The third-order valence-corrected chi connectivity index (χ3v) is 3.36. The summed E-state index contributed by atoms with van der Waals surface area (Å²) in [5.74, 6) is -0.637.